The Balaban J connectivity index is 5.27. The van der Waals surface area contributed by atoms with Crippen LogP contribution < -0.4 is 0 Å². The van der Waals surface area contributed by atoms with Crippen LogP contribution in [0, 0.1) is 0 Å². The van der Waals surface area contributed by atoms with Gasteiger partial charge in [-0.3, -0.25) is 0 Å². The minimum Gasteiger partial charge on any atom is -0.240 e. The zero-order valence-electron chi connectivity index (χ0n) is 8.40. The van der Waals surface area contributed by atoms with Crippen LogP contribution in [-0.4, -0.2) is 36.5 Å². The van der Waals surface area contributed by atoms with Crippen LogP contribution in [0.5, 0.6) is 0 Å². The molecule has 0 saturated heterocycles. The average molecular weight is 316 g/mol. The van der Waals surface area contributed by atoms with Crippen molar-refractivity contribution in [3.63, 3.8) is 0 Å². The summed E-state index contributed by atoms with van der Waals surface area (Å²) in [5.41, 5.74) is 0. The zero-order valence-corrected chi connectivity index (χ0v) is 8.40. The predicted octanol–water partition coefficient (Wildman–Crippen LogP) is 4.45. The lowest BCUT2D eigenvalue weighted by Gasteiger charge is -2.32. The van der Waals surface area contributed by atoms with Gasteiger partial charge in [0, 0.05) is 0 Å². The van der Waals surface area contributed by atoms with Crippen LogP contribution in [0.4, 0.5) is 52.7 Å². The highest BCUT2D eigenvalue weighted by molar-refractivity contribution is 4.99. The fourth-order valence-corrected chi connectivity index (χ4v) is 0.915. The quantitative estimate of drug-likeness (QED) is 0.672. The first-order valence-corrected chi connectivity index (χ1v) is 4.20. The third kappa shape index (κ3) is 4.06. The Hall–Kier alpha value is -0.840. The Morgan fingerprint density at radius 3 is 1.26 bits per heavy atom. The van der Waals surface area contributed by atoms with Crippen LogP contribution in [0.25, 0.3) is 0 Å². The van der Waals surface area contributed by atoms with Gasteiger partial charge in [0.1, 0.15) is 0 Å². The van der Waals surface area contributed by atoms with Gasteiger partial charge in [-0.25, -0.2) is 8.78 Å². The Labute approximate surface area is 96.9 Å². The maximum absolute atomic E-state index is 12.5. The molecular formula is C7H4F12. The summed E-state index contributed by atoms with van der Waals surface area (Å²) in [5.74, 6) is -13.1. The first kappa shape index (κ1) is 18.2. The molecule has 0 aliphatic rings. The van der Waals surface area contributed by atoms with Crippen molar-refractivity contribution < 1.29 is 52.7 Å². The van der Waals surface area contributed by atoms with Crippen LogP contribution in [0.15, 0.2) is 0 Å². The van der Waals surface area contributed by atoms with E-state index in [0.29, 0.717) is 0 Å². The van der Waals surface area contributed by atoms with Crippen LogP contribution in [0.2, 0.25) is 0 Å². The van der Waals surface area contributed by atoms with Gasteiger partial charge in [-0.05, 0) is 0 Å². The summed E-state index contributed by atoms with van der Waals surface area (Å²) in [4.78, 5) is 0. The zero-order chi connectivity index (χ0) is 15.9. The van der Waals surface area contributed by atoms with E-state index in [0.717, 1.165) is 0 Å². The second-order valence-corrected chi connectivity index (χ2v) is 3.44. The van der Waals surface area contributed by atoms with E-state index in [1.54, 1.807) is 0 Å². The lowest BCUT2D eigenvalue weighted by atomic mass is 9.99. The van der Waals surface area contributed by atoms with Crippen LogP contribution in [0.3, 0.4) is 0 Å². The highest BCUT2D eigenvalue weighted by atomic mass is 19.4. The summed E-state index contributed by atoms with van der Waals surface area (Å²) in [7, 11) is 0. The molecule has 0 aliphatic heterocycles. The molecule has 0 radical (unpaired) electrons. The minimum absolute atomic E-state index is 3.14. The third-order valence-corrected chi connectivity index (χ3v) is 1.85. The van der Waals surface area contributed by atoms with Gasteiger partial charge >= 0.3 is 24.2 Å². The highest BCUT2D eigenvalue weighted by Crippen LogP contribution is 2.48. The average Bonchev–Trinajstić information content (AvgIpc) is 2.11. The molecule has 0 aliphatic carbocycles. The minimum atomic E-state index is -6.67. The summed E-state index contributed by atoms with van der Waals surface area (Å²) >= 11 is 0. The van der Waals surface area contributed by atoms with Gasteiger partial charge in [-0.15, -0.1) is 0 Å². The molecule has 0 spiro atoms. The number of rotatable bonds is 4. The molecule has 0 saturated carbocycles. The molecule has 0 bridgehead atoms. The maximum Gasteiger partial charge on any atom is 0.425 e. The molecular weight excluding hydrogens is 312 g/mol. The molecule has 0 fully saturated rings. The highest BCUT2D eigenvalue weighted by Gasteiger charge is 2.73. The van der Waals surface area contributed by atoms with E-state index in [9.17, 15) is 52.7 Å². The smallest absolute Gasteiger partial charge is 0.240 e. The topological polar surface area (TPSA) is 0 Å². The van der Waals surface area contributed by atoms with Crippen LogP contribution >= 0.6 is 0 Å². The molecule has 0 heterocycles. The van der Waals surface area contributed by atoms with Gasteiger partial charge in [0.2, 0.25) is 0 Å². The summed E-state index contributed by atoms with van der Waals surface area (Å²) in [6.45, 7) is 0. The maximum atomic E-state index is 12.5. The van der Waals surface area contributed by atoms with Crippen LogP contribution in [0.1, 0.15) is 6.42 Å². The molecule has 0 rings (SSSR count). The van der Waals surface area contributed by atoms with Gasteiger partial charge in [0.25, 0.3) is 6.17 Å². The van der Waals surface area contributed by atoms with Gasteiger partial charge in [0.15, 0.2) is 6.17 Å². The van der Waals surface area contributed by atoms with E-state index in [-0.39, 0.29) is 0 Å². The predicted molar refractivity (Wildman–Crippen MR) is 36.4 cm³/mol. The van der Waals surface area contributed by atoms with Crippen LogP contribution in [-0.2, 0) is 0 Å². The lowest BCUT2D eigenvalue weighted by molar-refractivity contribution is -0.324. The van der Waals surface area contributed by atoms with Crippen molar-refractivity contribution in [2.45, 2.75) is 43.0 Å². The van der Waals surface area contributed by atoms with Crippen molar-refractivity contribution in [3.8, 4) is 0 Å². The molecule has 116 valence electrons. The second kappa shape index (κ2) is 4.93. The van der Waals surface area contributed by atoms with E-state index in [2.05, 4.69) is 0 Å². The van der Waals surface area contributed by atoms with Gasteiger partial charge in [-0.1, -0.05) is 0 Å². The summed E-state index contributed by atoms with van der Waals surface area (Å²) in [6, 6.07) is 0. The van der Waals surface area contributed by atoms with Crippen molar-refractivity contribution in [3.05, 3.63) is 0 Å². The Kier molecular flexibility index (Phi) is 4.71. The lowest BCUT2D eigenvalue weighted by Crippen LogP contribution is -2.58. The Morgan fingerprint density at radius 2 is 1.00 bits per heavy atom. The second-order valence-electron chi connectivity index (χ2n) is 3.44. The molecule has 0 aromatic rings. The molecule has 0 nitrogen and oxygen atoms in total. The summed E-state index contributed by atoms with van der Waals surface area (Å²) < 4.78 is 144. The summed E-state index contributed by atoms with van der Waals surface area (Å²) in [6.07, 6.45) is -25.5. The molecule has 0 N–H and O–H groups in total. The van der Waals surface area contributed by atoms with Crippen molar-refractivity contribution >= 4 is 0 Å². The number of hydrogen-bond donors (Lipinski definition) is 0. The molecule has 0 amide bonds. The number of hydrogen-bond acceptors (Lipinski definition) is 0. The van der Waals surface area contributed by atoms with Crippen molar-refractivity contribution in [2.24, 2.45) is 0 Å². The molecule has 2 unspecified atom stereocenters. The number of alkyl halides is 12. The van der Waals surface area contributed by atoms with Crippen molar-refractivity contribution in [2.75, 3.05) is 0 Å². The standard InChI is InChI=1S/C7H4F12/c8-2(1-4(10,11)12)5(13,14)6(15,16)3(9)7(17,18)19/h2-3H,1H2. The van der Waals surface area contributed by atoms with Gasteiger partial charge in [-0.2, -0.15) is 43.9 Å². The SMILES string of the molecule is FC(CC(F)(F)F)C(F)(F)C(F)(F)C(F)C(F)(F)F. The first-order chi connectivity index (χ1) is 8.03. The van der Waals surface area contributed by atoms with Crippen molar-refractivity contribution in [1.29, 1.82) is 0 Å². The van der Waals surface area contributed by atoms with E-state index in [4.69, 9.17) is 0 Å². The molecule has 0 aromatic carbocycles. The van der Waals surface area contributed by atoms with E-state index in [1.807, 2.05) is 0 Å². The fraction of sp³-hybridized carbons (Fsp3) is 1.00. The first-order valence-electron chi connectivity index (χ1n) is 4.20. The molecule has 19 heavy (non-hydrogen) atoms. The molecule has 2 atom stereocenters. The van der Waals surface area contributed by atoms with E-state index in [1.165, 1.54) is 0 Å². The van der Waals surface area contributed by atoms with E-state index < -0.39 is 43.0 Å². The largest absolute Gasteiger partial charge is 0.425 e. The normalized spacial score (nSPS) is 18.3. The fourth-order valence-electron chi connectivity index (χ4n) is 0.915. The van der Waals surface area contributed by atoms with Crippen molar-refractivity contribution in [1.82, 2.24) is 0 Å². The monoisotopic (exact) mass is 316 g/mol. The number of halogens is 12. The Morgan fingerprint density at radius 1 is 0.632 bits per heavy atom. The van der Waals surface area contributed by atoms with Gasteiger partial charge < -0.3 is 0 Å². The van der Waals surface area contributed by atoms with Gasteiger partial charge in [0.05, 0.1) is 6.42 Å². The summed E-state index contributed by atoms with van der Waals surface area (Å²) in [5, 5.41) is 0. The third-order valence-electron chi connectivity index (χ3n) is 1.85. The Bertz CT molecular complexity index is 298. The van der Waals surface area contributed by atoms with E-state index >= 15 is 0 Å². The molecule has 0 aromatic heterocycles. The molecule has 12 heteroatoms.